The van der Waals surface area contributed by atoms with Crippen molar-refractivity contribution in [3.05, 3.63) is 45.6 Å². The Balaban J connectivity index is 1.20. The number of aromatic nitrogens is 3. The van der Waals surface area contributed by atoms with Crippen molar-refractivity contribution in [3.63, 3.8) is 0 Å². The third-order valence-corrected chi connectivity index (χ3v) is 5.89. The molecule has 27 heavy (non-hydrogen) atoms. The van der Waals surface area contributed by atoms with Crippen LogP contribution in [0.5, 0.6) is 5.75 Å². The van der Waals surface area contributed by atoms with Gasteiger partial charge >= 0.3 is 5.69 Å². The number of carbonyl (C=O) groups is 1. The molecule has 2 fully saturated rings. The van der Waals surface area contributed by atoms with Gasteiger partial charge in [0.2, 0.25) is 5.91 Å². The molecule has 1 aromatic heterocycles. The van der Waals surface area contributed by atoms with Gasteiger partial charge in [-0.3, -0.25) is 9.78 Å². The normalized spacial score (nSPS) is 19.8. The second kappa shape index (κ2) is 6.55. The molecule has 0 unspecified atom stereocenters. The minimum absolute atomic E-state index is 0.0856. The fourth-order valence-electron chi connectivity index (χ4n) is 4.14. The topological polar surface area (TPSA) is 80.2 Å². The van der Waals surface area contributed by atoms with E-state index in [9.17, 15) is 9.59 Å². The summed E-state index contributed by atoms with van der Waals surface area (Å²) in [6.07, 6.45) is 5.14. The highest BCUT2D eigenvalue weighted by Crippen LogP contribution is 2.37. The van der Waals surface area contributed by atoms with E-state index in [4.69, 9.17) is 4.74 Å². The molecule has 0 radical (unpaired) electrons. The highest BCUT2D eigenvalue weighted by Gasteiger charge is 2.30. The number of piperidine rings is 1. The fraction of sp³-hybridized carbons (Fsp3) is 0.550. The molecule has 2 aromatic rings. The lowest BCUT2D eigenvalue weighted by atomic mass is 10.0. The molecule has 7 nitrogen and oxygen atoms in total. The van der Waals surface area contributed by atoms with Crippen molar-refractivity contribution in [1.29, 1.82) is 0 Å². The van der Waals surface area contributed by atoms with Gasteiger partial charge in [-0.25, -0.2) is 9.48 Å². The largest absolute Gasteiger partial charge is 0.493 e. The molecular formula is C20H24N4O3. The smallest absolute Gasteiger partial charge is 0.343 e. The average Bonchev–Trinajstić information content (AvgIpc) is 3.30. The molecule has 3 aliphatic rings. The van der Waals surface area contributed by atoms with Crippen LogP contribution in [0.4, 0.5) is 0 Å². The molecule has 1 saturated heterocycles. The van der Waals surface area contributed by atoms with Crippen LogP contribution in [0.25, 0.3) is 0 Å². The number of amides is 1. The maximum atomic E-state index is 12.7. The molecule has 1 N–H and O–H groups in total. The number of benzene rings is 1. The van der Waals surface area contributed by atoms with E-state index in [0.29, 0.717) is 25.4 Å². The summed E-state index contributed by atoms with van der Waals surface area (Å²) >= 11 is 0. The molecule has 5 rings (SSSR count). The quantitative estimate of drug-likeness (QED) is 0.892. The van der Waals surface area contributed by atoms with Crippen LogP contribution in [-0.4, -0.2) is 45.3 Å². The lowest BCUT2D eigenvalue weighted by Crippen LogP contribution is -2.41. The molecule has 1 aromatic carbocycles. The molecular weight excluding hydrogens is 344 g/mol. The fourth-order valence-corrected chi connectivity index (χ4v) is 4.14. The predicted molar refractivity (Wildman–Crippen MR) is 99.0 cm³/mol. The number of hydrogen-bond donors (Lipinski definition) is 1. The van der Waals surface area contributed by atoms with Gasteiger partial charge in [0, 0.05) is 25.4 Å². The first kappa shape index (κ1) is 16.6. The summed E-state index contributed by atoms with van der Waals surface area (Å²) in [4.78, 5) is 29.7. The van der Waals surface area contributed by atoms with Gasteiger partial charge in [0.25, 0.3) is 0 Å². The molecule has 2 aliphatic heterocycles. The van der Waals surface area contributed by atoms with E-state index in [1.165, 1.54) is 5.56 Å². The number of hydrogen-bond acceptors (Lipinski definition) is 4. The van der Waals surface area contributed by atoms with Crippen LogP contribution in [0.2, 0.25) is 0 Å². The molecule has 3 heterocycles. The number of ether oxygens (including phenoxy) is 1. The van der Waals surface area contributed by atoms with Crippen LogP contribution in [-0.2, 0) is 17.6 Å². The summed E-state index contributed by atoms with van der Waals surface area (Å²) in [5, 5.41) is 4.50. The summed E-state index contributed by atoms with van der Waals surface area (Å²) in [6.45, 7) is 2.08. The number of fused-ring (bicyclic) bond motifs is 1. The van der Waals surface area contributed by atoms with E-state index >= 15 is 0 Å². The Morgan fingerprint density at radius 2 is 2.04 bits per heavy atom. The van der Waals surface area contributed by atoms with Crippen LogP contribution in [0, 0.1) is 0 Å². The molecule has 0 bridgehead atoms. The minimum atomic E-state index is -0.109. The van der Waals surface area contributed by atoms with Crippen molar-refractivity contribution in [3.8, 4) is 5.75 Å². The summed E-state index contributed by atoms with van der Waals surface area (Å²) in [5.74, 6) is 2.37. The predicted octanol–water partition coefficient (Wildman–Crippen LogP) is 1.79. The number of nitrogens with one attached hydrogen (secondary N) is 1. The number of aromatic amines is 1. The molecule has 1 saturated carbocycles. The van der Waals surface area contributed by atoms with Crippen molar-refractivity contribution in [1.82, 2.24) is 19.7 Å². The van der Waals surface area contributed by atoms with Gasteiger partial charge in [0.15, 0.2) is 0 Å². The number of carbonyl (C=O) groups excluding carboxylic acids is 1. The van der Waals surface area contributed by atoms with E-state index in [2.05, 4.69) is 16.1 Å². The third kappa shape index (κ3) is 3.26. The molecule has 0 atom stereocenters. The Morgan fingerprint density at radius 1 is 1.22 bits per heavy atom. The maximum Gasteiger partial charge on any atom is 0.343 e. The Kier molecular flexibility index (Phi) is 4.02. The van der Waals surface area contributed by atoms with Crippen LogP contribution in [0.3, 0.4) is 0 Å². The second-order valence-corrected chi connectivity index (χ2v) is 7.86. The number of likely N-dealkylation sites (tertiary alicyclic amines) is 1. The van der Waals surface area contributed by atoms with E-state index in [1.807, 2.05) is 17.0 Å². The van der Waals surface area contributed by atoms with Gasteiger partial charge in [-0.1, -0.05) is 12.1 Å². The van der Waals surface area contributed by atoms with Crippen molar-refractivity contribution in [2.24, 2.45) is 0 Å². The summed E-state index contributed by atoms with van der Waals surface area (Å²) < 4.78 is 7.13. The van der Waals surface area contributed by atoms with Crippen LogP contribution < -0.4 is 10.4 Å². The van der Waals surface area contributed by atoms with Crippen molar-refractivity contribution in [2.75, 3.05) is 19.7 Å². The summed E-state index contributed by atoms with van der Waals surface area (Å²) in [7, 11) is 0. The Hall–Kier alpha value is -2.57. The SMILES string of the molecule is O=C(Cc1ccc2c(c1)CCO2)N1CCC(n2nc(C3CC3)[nH]c2=O)CC1. The molecule has 1 amide bonds. The Labute approximate surface area is 157 Å². The molecule has 0 spiro atoms. The van der Waals surface area contributed by atoms with Gasteiger partial charge in [0.1, 0.15) is 11.6 Å². The Morgan fingerprint density at radius 3 is 2.81 bits per heavy atom. The van der Waals surface area contributed by atoms with Crippen LogP contribution in [0.15, 0.2) is 23.0 Å². The summed E-state index contributed by atoms with van der Waals surface area (Å²) in [6, 6.07) is 6.13. The van der Waals surface area contributed by atoms with Crippen LogP contribution in [0.1, 0.15) is 54.6 Å². The lowest BCUT2D eigenvalue weighted by Gasteiger charge is -2.31. The first-order valence-corrected chi connectivity index (χ1v) is 9.88. The van der Waals surface area contributed by atoms with Gasteiger partial charge in [-0.15, -0.1) is 0 Å². The molecule has 142 valence electrons. The maximum absolute atomic E-state index is 12.7. The Bertz CT molecular complexity index is 920. The van der Waals surface area contributed by atoms with Gasteiger partial charge in [-0.05, 0) is 42.9 Å². The minimum Gasteiger partial charge on any atom is -0.493 e. The monoisotopic (exact) mass is 368 g/mol. The first-order chi connectivity index (χ1) is 13.2. The number of rotatable bonds is 4. The van der Waals surface area contributed by atoms with Crippen molar-refractivity contribution in [2.45, 2.75) is 50.5 Å². The number of nitrogens with zero attached hydrogens (tertiary/aromatic N) is 3. The zero-order valence-electron chi connectivity index (χ0n) is 15.3. The first-order valence-electron chi connectivity index (χ1n) is 9.88. The van der Waals surface area contributed by atoms with Gasteiger partial charge in [0.05, 0.1) is 19.1 Å². The highest BCUT2D eigenvalue weighted by molar-refractivity contribution is 5.79. The standard InChI is InChI=1S/C20H24N4O3/c25-18(12-13-1-4-17-15(11-13)7-10-27-17)23-8-5-16(6-9-23)24-20(26)21-19(22-24)14-2-3-14/h1,4,11,14,16H,2-3,5-10,12H2,(H,21,22,26). The van der Waals surface area contributed by atoms with Crippen molar-refractivity contribution < 1.29 is 9.53 Å². The highest BCUT2D eigenvalue weighted by atomic mass is 16.5. The van der Waals surface area contributed by atoms with Gasteiger partial charge < -0.3 is 9.64 Å². The molecule has 7 heteroatoms. The van der Waals surface area contributed by atoms with E-state index in [-0.39, 0.29) is 17.6 Å². The van der Waals surface area contributed by atoms with Crippen molar-refractivity contribution >= 4 is 5.91 Å². The van der Waals surface area contributed by atoms with Gasteiger partial charge in [-0.2, -0.15) is 5.10 Å². The van der Waals surface area contributed by atoms with Crippen LogP contribution >= 0.6 is 0 Å². The second-order valence-electron chi connectivity index (χ2n) is 7.86. The zero-order chi connectivity index (χ0) is 18.4. The van der Waals surface area contributed by atoms with E-state index in [0.717, 1.165) is 55.8 Å². The zero-order valence-corrected chi connectivity index (χ0v) is 15.3. The number of H-pyrrole nitrogens is 1. The van der Waals surface area contributed by atoms with E-state index < -0.39 is 0 Å². The van der Waals surface area contributed by atoms with E-state index in [1.54, 1.807) is 4.68 Å². The molecule has 1 aliphatic carbocycles. The third-order valence-electron chi connectivity index (χ3n) is 5.89. The lowest BCUT2D eigenvalue weighted by molar-refractivity contribution is -0.131. The average molecular weight is 368 g/mol. The summed E-state index contributed by atoms with van der Waals surface area (Å²) in [5.41, 5.74) is 2.13.